The number of hydrogen-bond donors (Lipinski definition) is 0. The Bertz CT molecular complexity index is 770. The molecule has 2 aromatic carbocycles. The fourth-order valence-electron chi connectivity index (χ4n) is 1.97. The van der Waals surface area contributed by atoms with E-state index in [0.717, 1.165) is 10.0 Å². The topological polar surface area (TPSA) is 50.1 Å². The van der Waals surface area contributed by atoms with Gasteiger partial charge in [-0.15, -0.1) is 0 Å². The highest BCUT2D eigenvalue weighted by Crippen LogP contribution is 2.33. The summed E-state index contributed by atoms with van der Waals surface area (Å²) in [5, 5.41) is 8.75. The predicted octanol–water partition coefficient (Wildman–Crippen LogP) is 3.94. The maximum absolute atomic E-state index is 12.2. The molecule has 4 heteroatoms. The summed E-state index contributed by atoms with van der Waals surface area (Å²) >= 11 is 3.34. The molecule has 0 unspecified atom stereocenters. The first kappa shape index (κ1) is 12.6. The Morgan fingerprint density at radius 1 is 1.15 bits per heavy atom. The zero-order valence-electron chi connectivity index (χ0n) is 10.3. The van der Waals surface area contributed by atoms with E-state index in [1.807, 2.05) is 6.07 Å². The van der Waals surface area contributed by atoms with Crippen molar-refractivity contribution in [1.82, 2.24) is 0 Å². The van der Waals surface area contributed by atoms with E-state index in [2.05, 4.69) is 22.0 Å². The lowest BCUT2D eigenvalue weighted by Gasteiger charge is -1.98. The Morgan fingerprint density at radius 3 is 2.60 bits per heavy atom. The highest BCUT2D eigenvalue weighted by atomic mass is 79.9. The van der Waals surface area contributed by atoms with Crippen LogP contribution in [0.25, 0.3) is 6.08 Å². The molecule has 0 N–H and O–H groups in total. The maximum atomic E-state index is 12.2. The number of fused-ring (bicyclic) bond motifs is 1. The molecule has 0 radical (unpaired) electrons. The lowest BCUT2D eigenvalue weighted by Crippen LogP contribution is -1.98. The van der Waals surface area contributed by atoms with E-state index in [4.69, 9.17) is 10.00 Å². The second-order valence-corrected chi connectivity index (χ2v) is 5.23. The van der Waals surface area contributed by atoms with E-state index >= 15 is 0 Å². The van der Waals surface area contributed by atoms with Crippen LogP contribution in [0.3, 0.4) is 0 Å². The lowest BCUT2D eigenvalue weighted by atomic mass is 10.1. The van der Waals surface area contributed by atoms with Crippen LogP contribution in [0.1, 0.15) is 21.5 Å². The van der Waals surface area contributed by atoms with Crippen molar-refractivity contribution in [2.45, 2.75) is 0 Å². The van der Waals surface area contributed by atoms with Crippen LogP contribution in [0.4, 0.5) is 0 Å². The second-order valence-electron chi connectivity index (χ2n) is 4.31. The maximum Gasteiger partial charge on any atom is 0.232 e. The minimum Gasteiger partial charge on any atom is -0.452 e. The fourth-order valence-corrected chi connectivity index (χ4v) is 2.33. The van der Waals surface area contributed by atoms with Crippen LogP contribution >= 0.6 is 15.9 Å². The van der Waals surface area contributed by atoms with Gasteiger partial charge in [0, 0.05) is 4.47 Å². The van der Waals surface area contributed by atoms with Crippen molar-refractivity contribution in [3.8, 4) is 11.8 Å². The molecule has 1 aliphatic heterocycles. The molecule has 1 heterocycles. The van der Waals surface area contributed by atoms with Crippen LogP contribution in [-0.2, 0) is 0 Å². The van der Waals surface area contributed by atoms with E-state index in [1.54, 1.807) is 42.5 Å². The number of carbonyl (C=O) groups is 1. The van der Waals surface area contributed by atoms with Gasteiger partial charge in [-0.1, -0.05) is 28.1 Å². The van der Waals surface area contributed by atoms with Crippen LogP contribution in [0.2, 0.25) is 0 Å². The molecular weight excluding hydrogens is 318 g/mol. The first-order chi connectivity index (χ1) is 9.67. The number of ether oxygens (including phenoxy) is 1. The van der Waals surface area contributed by atoms with Crippen molar-refractivity contribution in [3.05, 3.63) is 69.4 Å². The summed E-state index contributed by atoms with van der Waals surface area (Å²) in [6, 6.07) is 14.4. The molecule has 0 spiro atoms. The smallest absolute Gasteiger partial charge is 0.232 e. The van der Waals surface area contributed by atoms with E-state index in [-0.39, 0.29) is 5.78 Å². The molecule has 1 aliphatic rings. The van der Waals surface area contributed by atoms with Gasteiger partial charge in [0.1, 0.15) is 5.75 Å². The molecular formula is C16H8BrNO2. The molecule has 0 aromatic heterocycles. The monoisotopic (exact) mass is 325 g/mol. The Kier molecular flexibility index (Phi) is 3.13. The summed E-state index contributed by atoms with van der Waals surface area (Å²) in [7, 11) is 0. The third kappa shape index (κ3) is 2.24. The number of hydrogen-bond acceptors (Lipinski definition) is 3. The highest BCUT2D eigenvalue weighted by molar-refractivity contribution is 9.10. The summed E-state index contributed by atoms with van der Waals surface area (Å²) in [6.45, 7) is 0. The van der Waals surface area contributed by atoms with Gasteiger partial charge in [-0.3, -0.25) is 4.79 Å². The number of allylic oxidation sites excluding steroid dienone is 1. The first-order valence-electron chi connectivity index (χ1n) is 5.91. The highest BCUT2D eigenvalue weighted by Gasteiger charge is 2.27. The number of ketones is 1. The second kappa shape index (κ2) is 4.95. The molecule has 0 atom stereocenters. The van der Waals surface area contributed by atoms with Crippen molar-refractivity contribution in [1.29, 1.82) is 5.26 Å². The fraction of sp³-hybridized carbons (Fsp3) is 0. The number of halogens is 1. The van der Waals surface area contributed by atoms with Crippen molar-refractivity contribution in [2.24, 2.45) is 0 Å². The number of nitriles is 1. The van der Waals surface area contributed by atoms with Gasteiger partial charge >= 0.3 is 0 Å². The van der Waals surface area contributed by atoms with Crippen LogP contribution in [0.5, 0.6) is 5.75 Å². The minimum atomic E-state index is -0.134. The molecule has 0 fully saturated rings. The Morgan fingerprint density at radius 2 is 1.90 bits per heavy atom. The van der Waals surface area contributed by atoms with Crippen molar-refractivity contribution >= 4 is 27.8 Å². The van der Waals surface area contributed by atoms with Gasteiger partial charge in [-0.25, -0.2) is 0 Å². The number of benzene rings is 2. The first-order valence-corrected chi connectivity index (χ1v) is 6.70. The Hall–Kier alpha value is -2.38. The summed E-state index contributed by atoms with van der Waals surface area (Å²) < 4.78 is 6.40. The van der Waals surface area contributed by atoms with E-state index in [9.17, 15) is 4.79 Å². The average molecular weight is 326 g/mol. The Labute approximate surface area is 124 Å². The van der Waals surface area contributed by atoms with Gasteiger partial charge in [0.25, 0.3) is 0 Å². The molecule has 2 aromatic rings. The summed E-state index contributed by atoms with van der Waals surface area (Å²) in [4.78, 5) is 12.2. The molecule has 0 bridgehead atoms. The van der Waals surface area contributed by atoms with Crippen molar-refractivity contribution in [3.63, 3.8) is 0 Å². The molecule has 3 rings (SSSR count). The Balaban J connectivity index is 1.95. The standard InChI is InChI=1S/C16H8BrNO2/c17-12-5-6-14-13(8-12)16(19)15(20-14)7-10-1-3-11(9-18)4-2-10/h1-8H. The lowest BCUT2D eigenvalue weighted by molar-refractivity contribution is 0.101. The molecule has 20 heavy (non-hydrogen) atoms. The predicted molar refractivity (Wildman–Crippen MR) is 78.2 cm³/mol. The third-order valence-electron chi connectivity index (χ3n) is 2.97. The van der Waals surface area contributed by atoms with E-state index < -0.39 is 0 Å². The zero-order chi connectivity index (χ0) is 14.1. The van der Waals surface area contributed by atoms with Crippen molar-refractivity contribution in [2.75, 3.05) is 0 Å². The van der Waals surface area contributed by atoms with E-state index in [0.29, 0.717) is 22.6 Å². The van der Waals surface area contributed by atoms with Crippen molar-refractivity contribution < 1.29 is 9.53 Å². The van der Waals surface area contributed by atoms with Crippen LogP contribution < -0.4 is 4.74 Å². The zero-order valence-corrected chi connectivity index (χ0v) is 11.8. The largest absolute Gasteiger partial charge is 0.452 e. The number of Topliss-reactive ketones (excluding diaryl/α,β-unsaturated/α-hetero) is 1. The molecule has 0 amide bonds. The van der Waals surface area contributed by atoms with E-state index in [1.165, 1.54) is 0 Å². The molecule has 96 valence electrons. The summed E-state index contributed by atoms with van der Waals surface area (Å²) in [6.07, 6.45) is 1.68. The molecule has 0 saturated carbocycles. The number of nitrogens with zero attached hydrogens (tertiary/aromatic N) is 1. The van der Waals surface area contributed by atoms with Crippen LogP contribution in [0, 0.1) is 11.3 Å². The van der Waals surface area contributed by atoms with Crippen LogP contribution in [0.15, 0.2) is 52.7 Å². The number of carbonyl (C=O) groups excluding carboxylic acids is 1. The molecule has 3 nitrogen and oxygen atoms in total. The quantitative estimate of drug-likeness (QED) is 0.746. The van der Waals surface area contributed by atoms with Gasteiger partial charge in [0.15, 0.2) is 5.76 Å². The van der Waals surface area contributed by atoms with Gasteiger partial charge in [0.05, 0.1) is 17.2 Å². The number of rotatable bonds is 1. The van der Waals surface area contributed by atoms with Gasteiger partial charge < -0.3 is 4.74 Å². The van der Waals surface area contributed by atoms with Gasteiger partial charge in [0.2, 0.25) is 5.78 Å². The normalized spacial score (nSPS) is 14.8. The summed E-state index contributed by atoms with van der Waals surface area (Å²) in [5.41, 5.74) is 1.96. The molecule has 0 saturated heterocycles. The minimum absolute atomic E-state index is 0.134. The van der Waals surface area contributed by atoms with Gasteiger partial charge in [-0.05, 0) is 42.0 Å². The third-order valence-corrected chi connectivity index (χ3v) is 3.46. The van der Waals surface area contributed by atoms with Gasteiger partial charge in [-0.2, -0.15) is 5.26 Å². The SMILES string of the molecule is N#Cc1ccc(C=C2Oc3ccc(Br)cc3C2=O)cc1. The average Bonchev–Trinajstić information content (AvgIpc) is 2.76. The summed E-state index contributed by atoms with van der Waals surface area (Å²) in [5.74, 6) is 0.728. The van der Waals surface area contributed by atoms with Crippen LogP contribution in [-0.4, -0.2) is 5.78 Å². The molecule has 0 aliphatic carbocycles.